The van der Waals surface area contributed by atoms with Crippen LogP contribution in [0.4, 0.5) is 10.6 Å². The van der Waals surface area contributed by atoms with E-state index >= 15 is 0 Å². The molecule has 2 heterocycles. The summed E-state index contributed by atoms with van der Waals surface area (Å²) in [6, 6.07) is 3.59. The third-order valence-electron chi connectivity index (χ3n) is 6.24. The standard InChI is InChI=1S/C23H33N5O6/c1-5-15(2)25-23(31)33-13-17-12-24-27-28(17,3)21-10-9-20(19(26-21)14-32-4)34-18-8-6-7-16(11-18)22(29)30/h9-10,12,15-16,18H,5-8,11,13-14H2,1-4H3,(H-,25,29,30,31)/p+1/t15?,16-,18-,28?/m0/s1. The average molecular weight is 477 g/mol. The number of carboxylic acid groups (broad SMARTS) is 1. The quantitative estimate of drug-likeness (QED) is 0.489. The van der Waals surface area contributed by atoms with Crippen LogP contribution < -0.4 is 14.6 Å². The molecule has 0 radical (unpaired) electrons. The van der Waals surface area contributed by atoms with Gasteiger partial charge in [-0.1, -0.05) is 6.92 Å². The number of methoxy groups -OCH3 is 1. The maximum Gasteiger partial charge on any atom is 0.407 e. The molecule has 1 aliphatic heterocycles. The minimum atomic E-state index is -0.782. The van der Waals surface area contributed by atoms with Crippen LogP contribution in [0.5, 0.6) is 5.75 Å². The van der Waals surface area contributed by atoms with E-state index in [9.17, 15) is 14.7 Å². The number of hydrogen-bond donors (Lipinski definition) is 2. The van der Waals surface area contributed by atoms with Gasteiger partial charge in [0.25, 0.3) is 5.82 Å². The van der Waals surface area contributed by atoms with E-state index in [0.717, 1.165) is 19.3 Å². The number of nitrogens with zero attached hydrogens (tertiary/aromatic N) is 4. The fraction of sp³-hybridized carbons (Fsp3) is 0.609. The number of pyridine rings is 1. The Morgan fingerprint density at radius 2 is 2.09 bits per heavy atom. The summed E-state index contributed by atoms with van der Waals surface area (Å²) in [5.41, 5.74) is 1.22. The van der Waals surface area contributed by atoms with Crippen LogP contribution in [0, 0.1) is 5.92 Å². The highest BCUT2D eigenvalue weighted by Crippen LogP contribution is 2.34. The molecule has 1 saturated carbocycles. The van der Waals surface area contributed by atoms with Crippen LogP contribution in [0.2, 0.25) is 0 Å². The second kappa shape index (κ2) is 11.4. The molecule has 1 amide bonds. The van der Waals surface area contributed by atoms with Gasteiger partial charge >= 0.3 is 12.1 Å². The number of hydrogen-bond acceptors (Lipinski definition) is 8. The molecule has 0 aromatic carbocycles. The van der Waals surface area contributed by atoms with Crippen molar-refractivity contribution < 1.29 is 28.9 Å². The van der Waals surface area contributed by atoms with Gasteiger partial charge in [0.15, 0.2) is 6.61 Å². The average Bonchev–Trinajstić information content (AvgIpc) is 3.20. The summed E-state index contributed by atoms with van der Waals surface area (Å²) in [5.74, 6) is -0.0596. The van der Waals surface area contributed by atoms with Gasteiger partial charge in [-0.25, -0.2) is 4.79 Å². The Kier molecular flexibility index (Phi) is 8.56. The SMILES string of the molecule is CCC(C)NC(=O)OCC1=CN=N[N+]1(C)c1ccc(O[C@H]2CCC[C@H](C(=O)O)C2)c(COC)n1. The molecule has 2 unspecified atom stereocenters. The molecule has 3 rings (SSSR count). The smallest absolute Gasteiger partial charge is 0.407 e. The first-order chi connectivity index (χ1) is 16.3. The number of carbonyl (C=O) groups excluding carboxylic acids is 1. The maximum atomic E-state index is 12.0. The Labute approximate surface area is 199 Å². The topological polar surface area (TPSA) is 132 Å². The molecule has 1 fully saturated rings. The summed E-state index contributed by atoms with van der Waals surface area (Å²) < 4.78 is 16.8. The van der Waals surface area contributed by atoms with E-state index in [1.165, 1.54) is 0 Å². The Balaban J connectivity index is 1.74. The van der Waals surface area contributed by atoms with Crippen molar-refractivity contribution >= 4 is 17.9 Å². The summed E-state index contributed by atoms with van der Waals surface area (Å²) in [4.78, 5) is 28.2. The third-order valence-corrected chi connectivity index (χ3v) is 6.24. The molecular formula is C23H34N5O6+. The highest BCUT2D eigenvalue weighted by atomic mass is 16.5. The van der Waals surface area contributed by atoms with Crippen molar-refractivity contribution in [2.45, 2.75) is 64.7 Å². The number of likely N-dealkylation sites (N-methyl/N-ethyl adjacent to an activating group) is 1. The van der Waals surface area contributed by atoms with Crippen molar-refractivity contribution in [2.75, 3.05) is 20.8 Å². The van der Waals surface area contributed by atoms with Gasteiger partial charge in [0.2, 0.25) is 5.70 Å². The number of ether oxygens (including phenoxy) is 3. The van der Waals surface area contributed by atoms with Gasteiger partial charge in [-0.05, 0) is 45.1 Å². The van der Waals surface area contributed by atoms with Gasteiger partial charge < -0.3 is 24.6 Å². The molecular weight excluding hydrogens is 442 g/mol. The van der Waals surface area contributed by atoms with E-state index in [4.69, 9.17) is 19.2 Å². The van der Waals surface area contributed by atoms with E-state index in [2.05, 4.69) is 15.7 Å². The molecule has 1 aromatic rings. The normalized spacial score (nSPS) is 24.9. The Morgan fingerprint density at radius 3 is 2.79 bits per heavy atom. The summed E-state index contributed by atoms with van der Waals surface area (Å²) in [5, 5.41) is 20.4. The van der Waals surface area contributed by atoms with Gasteiger partial charge in [0.05, 0.1) is 18.6 Å². The number of quaternary nitrogens is 1. The fourth-order valence-corrected chi connectivity index (χ4v) is 3.93. The molecule has 11 heteroatoms. The zero-order chi connectivity index (χ0) is 24.7. The molecule has 0 bridgehead atoms. The fourth-order valence-electron chi connectivity index (χ4n) is 3.93. The van der Waals surface area contributed by atoms with Gasteiger partial charge in [-0.15, -0.1) is 9.71 Å². The van der Waals surface area contributed by atoms with Crippen molar-refractivity contribution in [3.05, 3.63) is 29.7 Å². The van der Waals surface area contributed by atoms with Crippen molar-refractivity contribution in [1.29, 1.82) is 0 Å². The van der Waals surface area contributed by atoms with Crippen LogP contribution in [-0.4, -0.2) is 55.1 Å². The highest BCUT2D eigenvalue weighted by molar-refractivity contribution is 5.70. The first kappa shape index (κ1) is 25.6. The monoisotopic (exact) mass is 476 g/mol. The highest BCUT2D eigenvalue weighted by Gasteiger charge is 2.39. The van der Waals surface area contributed by atoms with E-state index in [1.807, 2.05) is 13.8 Å². The zero-order valence-corrected chi connectivity index (χ0v) is 20.2. The Bertz CT molecular complexity index is 952. The van der Waals surface area contributed by atoms with Crippen molar-refractivity contribution in [1.82, 2.24) is 14.9 Å². The molecule has 11 nitrogen and oxygen atoms in total. The third kappa shape index (κ3) is 6.09. The van der Waals surface area contributed by atoms with Gasteiger partial charge in [-0.2, -0.15) is 4.98 Å². The predicted molar refractivity (Wildman–Crippen MR) is 124 cm³/mol. The number of rotatable bonds is 10. The summed E-state index contributed by atoms with van der Waals surface area (Å²) in [6.07, 6.45) is 4.41. The second-order valence-electron chi connectivity index (χ2n) is 8.80. The lowest BCUT2D eigenvalue weighted by Gasteiger charge is -2.28. The summed E-state index contributed by atoms with van der Waals surface area (Å²) in [7, 11) is 3.37. The minimum Gasteiger partial charge on any atom is -0.488 e. The second-order valence-corrected chi connectivity index (χ2v) is 8.80. The number of aromatic nitrogens is 1. The molecule has 186 valence electrons. The van der Waals surface area contributed by atoms with Crippen LogP contribution in [0.15, 0.2) is 34.4 Å². The van der Waals surface area contributed by atoms with Crippen LogP contribution in [0.1, 0.15) is 51.6 Å². The number of nitrogens with one attached hydrogen (secondary N) is 1. The lowest BCUT2D eigenvalue weighted by atomic mass is 9.87. The molecule has 2 aliphatic rings. The van der Waals surface area contributed by atoms with E-state index in [0.29, 0.717) is 35.8 Å². The van der Waals surface area contributed by atoms with E-state index in [-0.39, 0.29) is 30.0 Å². The zero-order valence-electron chi connectivity index (χ0n) is 20.2. The van der Waals surface area contributed by atoms with Gasteiger partial charge in [0, 0.05) is 24.4 Å². The molecule has 1 aromatic heterocycles. The first-order valence-corrected chi connectivity index (χ1v) is 11.6. The predicted octanol–water partition coefficient (Wildman–Crippen LogP) is 3.93. The maximum absolute atomic E-state index is 12.0. The number of amides is 1. The minimum absolute atomic E-state index is 0.00393. The Hall–Kier alpha value is -3.05. The summed E-state index contributed by atoms with van der Waals surface area (Å²) >= 11 is 0. The van der Waals surface area contributed by atoms with Crippen molar-refractivity contribution in [2.24, 2.45) is 16.3 Å². The van der Waals surface area contributed by atoms with Gasteiger partial charge in [-0.3, -0.25) is 4.79 Å². The first-order valence-electron chi connectivity index (χ1n) is 11.6. The van der Waals surface area contributed by atoms with E-state index in [1.54, 1.807) is 32.5 Å². The lowest BCUT2D eigenvalue weighted by Crippen LogP contribution is -2.40. The summed E-state index contributed by atoms with van der Waals surface area (Å²) in [6.45, 7) is 4.10. The molecule has 2 N–H and O–H groups in total. The van der Waals surface area contributed by atoms with Crippen molar-refractivity contribution in [3.63, 3.8) is 0 Å². The van der Waals surface area contributed by atoms with Crippen LogP contribution in [-0.2, 0) is 20.9 Å². The largest absolute Gasteiger partial charge is 0.488 e. The lowest BCUT2D eigenvalue weighted by molar-refractivity contribution is -0.143. The van der Waals surface area contributed by atoms with Crippen molar-refractivity contribution in [3.8, 4) is 5.75 Å². The molecule has 34 heavy (non-hydrogen) atoms. The Morgan fingerprint density at radius 1 is 1.29 bits per heavy atom. The molecule has 4 atom stereocenters. The molecule has 0 saturated heterocycles. The number of carboxylic acids is 1. The van der Waals surface area contributed by atoms with Crippen LogP contribution in [0.25, 0.3) is 0 Å². The number of carbonyl (C=O) groups is 2. The van der Waals surface area contributed by atoms with E-state index < -0.39 is 18.0 Å². The number of alkyl carbamates (subject to hydrolysis) is 1. The van der Waals surface area contributed by atoms with Crippen LogP contribution in [0.3, 0.4) is 0 Å². The van der Waals surface area contributed by atoms with Crippen LogP contribution >= 0.6 is 0 Å². The van der Waals surface area contributed by atoms with Gasteiger partial charge in [0.1, 0.15) is 24.7 Å². The molecule has 0 spiro atoms. The number of aliphatic carboxylic acids is 1. The molecule has 1 aliphatic carbocycles.